The lowest BCUT2D eigenvalue weighted by Crippen LogP contribution is -2.20. The van der Waals surface area contributed by atoms with E-state index in [1.165, 1.54) is 37.8 Å². The van der Waals surface area contributed by atoms with Gasteiger partial charge in [-0.15, -0.1) is 11.3 Å². The van der Waals surface area contributed by atoms with Crippen LogP contribution in [0.5, 0.6) is 11.6 Å². The Kier molecular flexibility index (Phi) is 7.45. The SMILES string of the molecule is CCC(C)(C)c1cccc(NC(=O)c2cc(OC)ncc2NC(=O)c2c(OC)ccc3nc(C)sc23)c1. The predicted molar refractivity (Wildman–Crippen MR) is 147 cm³/mol. The molecule has 2 amide bonds. The molecule has 2 aromatic heterocycles. The molecule has 0 aliphatic carbocycles. The number of nitrogens with zero attached hydrogens (tertiary/aromatic N) is 2. The van der Waals surface area contributed by atoms with Gasteiger partial charge in [0.05, 0.1) is 46.9 Å². The summed E-state index contributed by atoms with van der Waals surface area (Å²) in [6.45, 7) is 8.33. The van der Waals surface area contributed by atoms with Crippen molar-refractivity contribution in [3.05, 3.63) is 70.4 Å². The molecule has 37 heavy (non-hydrogen) atoms. The number of pyridine rings is 1. The van der Waals surface area contributed by atoms with Crippen LogP contribution in [0.1, 0.15) is 58.5 Å². The fourth-order valence-corrected chi connectivity index (χ4v) is 4.86. The van der Waals surface area contributed by atoms with E-state index >= 15 is 0 Å². The number of nitrogens with one attached hydrogen (secondary N) is 2. The van der Waals surface area contributed by atoms with Gasteiger partial charge in [0.1, 0.15) is 11.3 Å². The minimum atomic E-state index is -0.432. The molecule has 0 aliphatic heterocycles. The third-order valence-corrected chi connectivity index (χ3v) is 7.44. The van der Waals surface area contributed by atoms with Crippen LogP contribution in [0.15, 0.2) is 48.7 Å². The third kappa shape index (κ3) is 5.41. The van der Waals surface area contributed by atoms with Gasteiger partial charge in [-0.3, -0.25) is 9.59 Å². The molecule has 2 heterocycles. The topological polar surface area (TPSA) is 102 Å². The zero-order valence-corrected chi connectivity index (χ0v) is 22.6. The third-order valence-electron chi connectivity index (χ3n) is 6.44. The summed E-state index contributed by atoms with van der Waals surface area (Å²) in [6, 6.07) is 12.8. The summed E-state index contributed by atoms with van der Waals surface area (Å²) in [5.74, 6) is -0.168. The monoisotopic (exact) mass is 518 g/mol. The number of carbonyl (C=O) groups is 2. The Morgan fingerprint density at radius 2 is 1.81 bits per heavy atom. The molecular weight excluding hydrogens is 488 g/mol. The maximum Gasteiger partial charge on any atom is 0.261 e. The number of carbonyl (C=O) groups excluding carboxylic acids is 2. The van der Waals surface area contributed by atoms with Gasteiger partial charge in [0.2, 0.25) is 5.88 Å². The van der Waals surface area contributed by atoms with Crippen LogP contribution in [0.2, 0.25) is 0 Å². The second-order valence-corrected chi connectivity index (χ2v) is 10.4. The maximum absolute atomic E-state index is 13.5. The van der Waals surface area contributed by atoms with Crippen LogP contribution in [-0.4, -0.2) is 36.0 Å². The lowest BCUT2D eigenvalue weighted by atomic mass is 9.82. The van der Waals surface area contributed by atoms with E-state index in [9.17, 15) is 9.59 Å². The van der Waals surface area contributed by atoms with Crippen LogP contribution in [0.3, 0.4) is 0 Å². The molecule has 0 unspecified atom stereocenters. The van der Waals surface area contributed by atoms with Crippen molar-refractivity contribution in [2.24, 2.45) is 0 Å². The van der Waals surface area contributed by atoms with Gasteiger partial charge in [0.25, 0.3) is 11.8 Å². The van der Waals surface area contributed by atoms with E-state index < -0.39 is 11.8 Å². The molecule has 8 nitrogen and oxygen atoms in total. The van der Waals surface area contributed by atoms with Crippen molar-refractivity contribution < 1.29 is 19.1 Å². The average Bonchev–Trinajstić information content (AvgIpc) is 3.28. The number of fused-ring (bicyclic) bond motifs is 1. The first-order valence-electron chi connectivity index (χ1n) is 11.9. The van der Waals surface area contributed by atoms with E-state index in [2.05, 4.69) is 47.4 Å². The number of hydrogen-bond acceptors (Lipinski definition) is 7. The maximum atomic E-state index is 13.5. The first-order chi connectivity index (χ1) is 17.7. The lowest BCUT2D eigenvalue weighted by Gasteiger charge is -2.24. The molecule has 0 spiro atoms. The zero-order valence-electron chi connectivity index (χ0n) is 21.8. The number of hydrogen-bond donors (Lipinski definition) is 2. The van der Waals surface area contributed by atoms with E-state index in [1.807, 2.05) is 31.2 Å². The number of benzene rings is 2. The van der Waals surface area contributed by atoms with Crippen LogP contribution in [0.4, 0.5) is 11.4 Å². The molecule has 0 saturated heterocycles. The molecule has 4 aromatic rings. The second kappa shape index (κ2) is 10.6. The highest BCUT2D eigenvalue weighted by molar-refractivity contribution is 7.19. The number of rotatable bonds is 8. The Balaban J connectivity index is 1.68. The van der Waals surface area contributed by atoms with E-state index in [-0.39, 0.29) is 22.5 Å². The second-order valence-electron chi connectivity index (χ2n) is 9.22. The fourth-order valence-electron chi connectivity index (χ4n) is 3.91. The number of anilines is 2. The molecule has 0 aliphatic rings. The molecule has 9 heteroatoms. The lowest BCUT2D eigenvalue weighted by molar-refractivity contribution is 0.102. The van der Waals surface area contributed by atoms with Gasteiger partial charge in [-0.2, -0.15) is 0 Å². The highest BCUT2D eigenvalue weighted by Gasteiger charge is 2.23. The van der Waals surface area contributed by atoms with Crippen LogP contribution < -0.4 is 20.1 Å². The quantitative estimate of drug-likeness (QED) is 0.288. The molecule has 0 bridgehead atoms. The van der Waals surface area contributed by atoms with Crippen molar-refractivity contribution in [1.29, 1.82) is 0 Å². The molecule has 0 saturated carbocycles. The van der Waals surface area contributed by atoms with Gasteiger partial charge in [-0.1, -0.05) is 32.9 Å². The van der Waals surface area contributed by atoms with Gasteiger partial charge in [0, 0.05) is 11.8 Å². The van der Waals surface area contributed by atoms with Gasteiger partial charge in [-0.05, 0) is 48.6 Å². The molecule has 192 valence electrons. The number of thiazole rings is 1. The van der Waals surface area contributed by atoms with E-state index in [0.717, 1.165) is 17.0 Å². The Bertz CT molecular complexity index is 1480. The highest BCUT2D eigenvalue weighted by atomic mass is 32.1. The van der Waals surface area contributed by atoms with E-state index in [4.69, 9.17) is 9.47 Å². The zero-order chi connectivity index (χ0) is 26.7. The summed E-state index contributed by atoms with van der Waals surface area (Å²) in [6.07, 6.45) is 2.37. The molecule has 4 rings (SSSR count). The van der Waals surface area contributed by atoms with E-state index in [0.29, 0.717) is 27.2 Å². The summed E-state index contributed by atoms with van der Waals surface area (Å²) >= 11 is 1.40. The summed E-state index contributed by atoms with van der Waals surface area (Å²) in [7, 11) is 2.98. The van der Waals surface area contributed by atoms with E-state index in [1.54, 1.807) is 6.07 Å². The van der Waals surface area contributed by atoms with Crippen LogP contribution in [0.25, 0.3) is 10.2 Å². The van der Waals surface area contributed by atoms with Crippen molar-refractivity contribution in [3.63, 3.8) is 0 Å². The minimum Gasteiger partial charge on any atom is -0.496 e. The van der Waals surface area contributed by atoms with Crippen LogP contribution in [0, 0.1) is 6.92 Å². The molecule has 2 N–H and O–H groups in total. The summed E-state index contributed by atoms with van der Waals surface area (Å²) in [5.41, 5.74) is 3.25. The van der Waals surface area contributed by atoms with Crippen molar-refractivity contribution in [2.45, 2.75) is 39.5 Å². The fraction of sp³-hybridized carbons (Fsp3) is 0.286. The normalized spacial score (nSPS) is 11.3. The number of amides is 2. The predicted octanol–water partition coefficient (Wildman–Crippen LogP) is 6.21. The Morgan fingerprint density at radius 1 is 1.03 bits per heavy atom. The van der Waals surface area contributed by atoms with Gasteiger partial charge >= 0.3 is 0 Å². The smallest absolute Gasteiger partial charge is 0.261 e. The number of aryl methyl sites for hydroxylation is 1. The minimum absolute atomic E-state index is 0.0329. The van der Waals surface area contributed by atoms with Gasteiger partial charge in [0.15, 0.2) is 0 Å². The summed E-state index contributed by atoms with van der Waals surface area (Å²) < 4.78 is 11.4. The van der Waals surface area contributed by atoms with Crippen LogP contribution in [-0.2, 0) is 5.41 Å². The standard InChI is InChI=1S/C28H30N4O4S/c1-7-28(3,4)17-9-8-10-18(13-17)31-26(33)19-14-23(36-6)29-15-21(19)32-27(34)24-22(35-5)12-11-20-25(24)37-16(2)30-20/h8-15H,7H2,1-6H3,(H,31,33)(H,32,34). The Labute approximate surface area is 220 Å². The van der Waals surface area contributed by atoms with Crippen LogP contribution >= 0.6 is 11.3 Å². The molecule has 2 aromatic carbocycles. The largest absolute Gasteiger partial charge is 0.496 e. The number of ether oxygens (including phenoxy) is 2. The first kappa shape index (κ1) is 26.1. The Morgan fingerprint density at radius 3 is 2.51 bits per heavy atom. The van der Waals surface area contributed by atoms with Gasteiger partial charge in [-0.25, -0.2) is 9.97 Å². The van der Waals surface area contributed by atoms with Gasteiger partial charge < -0.3 is 20.1 Å². The molecule has 0 fully saturated rings. The summed E-state index contributed by atoms with van der Waals surface area (Å²) in [4.78, 5) is 35.6. The number of methoxy groups -OCH3 is 2. The molecule has 0 radical (unpaired) electrons. The Hall–Kier alpha value is -3.98. The van der Waals surface area contributed by atoms with Crippen molar-refractivity contribution >= 4 is 44.7 Å². The average molecular weight is 519 g/mol. The first-order valence-corrected chi connectivity index (χ1v) is 12.7. The van der Waals surface area contributed by atoms with Crippen molar-refractivity contribution in [3.8, 4) is 11.6 Å². The summed E-state index contributed by atoms with van der Waals surface area (Å²) in [5, 5.41) is 6.63. The van der Waals surface area contributed by atoms with Crippen molar-refractivity contribution in [2.75, 3.05) is 24.9 Å². The molecular formula is C28H30N4O4S. The molecule has 0 atom stereocenters. The van der Waals surface area contributed by atoms with Crippen molar-refractivity contribution in [1.82, 2.24) is 9.97 Å². The highest BCUT2D eigenvalue weighted by Crippen LogP contribution is 2.34. The number of aromatic nitrogens is 2.